The Morgan fingerprint density at radius 1 is 0.791 bits per heavy atom. The van der Waals surface area contributed by atoms with E-state index >= 15 is 0 Å². The van der Waals surface area contributed by atoms with Crippen LogP contribution < -0.4 is 20.8 Å². The number of hydrogen-bond acceptors (Lipinski definition) is 6. The number of halogens is 1. The molecule has 4 aromatic rings. The van der Waals surface area contributed by atoms with Crippen LogP contribution in [0.4, 0.5) is 5.69 Å². The van der Waals surface area contributed by atoms with Crippen LogP contribution in [0.1, 0.15) is 58.4 Å². The van der Waals surface area contributed by atoms with E-state index in [1.54, 1.807) is 60.7 Å². The standard InChI is InChI=1S/C33H29ClN4O5/c34-27-16-8-6-14-24(27)33(42)43-29-19-18-21-10-4-5-13-23(21)26(29)20-35-38-32(41)31(40)37-28-17-9-7-15-25(28)30(39)36-22-11-2-1-3-12-22/h4-10,13-20,22H,1-3,11-12H2,(H,36,39)(H,37,40)(H,38,41)/b35-20+. The normalized spacial score (nSPS) is 13.4. The summed E-state index contributed by atoms with van der Waals surface area (Å²) in [5.41, 5.74) is 3.28. The van der Waals surface area contributed by atoms with Crippen molar-refractivity contribution in [1.29, 1.82) is 0 Å². The first-order valence-corrected chi connectivity index (χ1v) is 14.3. The smallest absolute Gasteiger partial charge is 0.345 e. The second kappa shape index (κ2) is 13.8. The van der Waals surface area contributed by atoms with Crippen LogP contribution in [0.25, 0.3) is 10.8 Å². The molecule has 0 radical (unpaired) electrons. The molecule has 10 heteroatoms. The summed E-state index contributed by atoms with van der Waals surface area (Å²) in [6.07, 6.45) is 6.42. The number of nitrogens with one attached hydrogen (secondary N) is 3. The number of carbonyl (C=O) groups excluding carboxylic acids is 4. The number of para-hydroxylation sites is 1. The van der Waals surface area contributed by atoms with Gasteiger partial charge in [-0.25, -0.2) is 10.2 Å². The zero-order valence-corrected chi connectivity index (χ0v) is 23.9. The van der Waals surface area contributed by atoms with Crippen LogP contribution in [0, 0.1) is 0 Å². The minimum absolute atomic E-state index is 0.0885. The number of anilines is 1. The Balaban J connectivity index is 1.29. The number of hydrogen-bond donors (Lipinski definition) is 3. The van der Waals surface area contributed by atoms with Gasteiger partial charge in [0.25, 0.3) is 5.91 Å². The monoisotopic (exact) mass is 596 g/mol. The van der Waals surface area contributed by atoms with E-state index in [1.165, 1.54) is 6.21 Å². The summed E-state index contributed by atoms with van der Waals surface area (Å²) in [7, 11) is 0. The van der Waals surface area contributed by atoms with Crippen LogP contribution >= 0.6 is 11.6 Å². The molecule has 43 heavy (non-hydrogen) atoms. The van der Waals surface area contributed by atoms with Gasteiger partial charge in [0.1, 0.15) is 5.75 Å². The molecular weight excluding hydrogens is 568 g/mol. The summed E-state index contributed by atoms with van der Waals surface area (Å²) in [6, 6.07) is 23.9. The summed E-state index contributed by atoms with van der Waals surface area (Å²) in [4.78, 5) is 51.1. The summed E-state index contributed by atoms with van der Waals surface area (Å²) in [5.74, 6) is -2.84. The van der Waals surface area contributed by atoms with Crippen LogP contribution in [0.15, 0.2) is 90.0 Å². The molecule has 3 amide bonds. The number of hydrazone groups is 1. The van der Waals surface area contributed by atoms with Crippen molar-refractivity contribution in [1.82, 2.24) is 10.7 Å². The van der Waals surface area contributed by atoms with Crippen molar-refractivity contribution in [2.24, 2.45) is 5.10 Å². The van der Waals surface area contributed by atoms with E-state index < -0.39 is 17.8 Å². The molecule has 9 nitrogen and oxygen atoms in total. The van der Waals surface area contributed by atoms with Gasteiger partial charge in [-0.15, -0.1) is 0 Å². The summed E-state index contributed by atoms with van der Waals surface area (Å²) < 4.78 is 5.65. The third-order valence-electron chi connectivity index (χ3n) is 7.15. The van der Waals surface area contributed by atoms with Crippen molar-refractivity contribution in [2.45, 2.75) is 38.1 Å². The molecule has 5 rings (SSSR count). The highest BCUT2D eigenvalue weighted by molar-refractivity contribution is 6.40. The quantitative estimate of drug-likeness (QED) is 0.0809. The van der Waals surface area contributed by atoms with E-state index in [4.69, 9.17) is 16.3 Å². The molecule has 1 aliphatic rings. The zero-order chi connectivity index (χ0) is 30.2. The van der Waals surface area contributed by atoms with Gasteiger partial charge in [0.15, 0.2) is 0 Å². The lowest BCUT2D eigenvalue weighted by Gasteiger charge is -2.23. The highest BCUT2D eigenvalue weighted by Crippen LogP contribution is 2.28. The molecule has 1 aliphatic carbocycles. The summed E-state index contributed by atoms with van der Waals surface area (Å²) in [6.45, 7) is 0. The van der Waals surface area contributed by atoms with Crippen molar-refractivity contribution in [2.75, 3.05) is 5.32 Å². The molecule has 1 saturated carbocycles. The van der Waals surface area contributed by atoms with Gasteiger partial charge in [0, 0.05) is 11.6 Å². The van der Waals surface area contributed by atoms with Gasteiger partial charge in [-0.05, 0) is 53.9 Å². The Hall–Kier alpha value is -5.02. The van der Waals surface area contributed by atoms with Crippen molar-refractivity contribution >= 4 is 58.0 Å². The molecule has 0 spiro atoms. The number of benzene rings is 4. The van der Waals surface area contributed by atoms with Gasteiger partial charge in [0.2, 0.25) is 0 Å². The maximum Gasteiger partial charge on any atom is 0.345 e. The van der Waals surface area contributed by atoms with Gasteiger partial charge in [-0.2, -0.15) is 5.10 Å². The van der Waals surface area contributed by atoms with Crippen LogP contribution in [-0.2, 0) is 9.59 Å². The second-order valence-electron chi connectivity index (χ2n) is 10.1. The SMILES string of the molecule is O=C(N/N=C/c1c(OC(=O)c2ccccc2Cl)ccc2ccccc12)C(=O)Nc1ccccc1C(=O)NC1CCCCC1. The van der Waals surface area contributed by atoms with Crippen LogP contribution in [0.3, 0.4) is 0 Å². The molecule has 0 heterocycles. The Morgan fingerprint density at radius 3 is 2.28 bits per heavy atom. The maximum absolute atomic E-state index is 12.9. The Bertz CT molecular complexity index is 1710. The van der Waals surface area contributed by atoms with Gasteiger partial charge in [0.05, 0.1) is 28.1 Å². The van der Waals surface area contributed by atoms with Crippen molar-refractivity contribution < 1.29 is 23.9 Å². The lowest BCUT2D eigenvalue weighted by molar-refractivity contribution is -0.136. The molecule has 0 aromatic heterocycles. The topological polar surface area (TPSA) is 126 Å². The maximum atomic E-state index is 12.9. The van der Waals surface area contributed by atoms with Crippen LogP contribution in [0.2, 0.25) is 5.02 Å². The lowest BCUT2D eigenvalue weighted by atomic mass is 9.95. The van der Waals surface area contributed by atoms with Gasteiger partial charge < -0.3 is 15.4 Å². The number of esters is 1. The first kappa shape index (κ1) is 29.5. The molecule has 218 valence electrons. The largest absolute Gasteiger partial charge is 0.422 e. The number of nitrogens with zero attached hydrogens (tertiary/aromatic N) is 1. The van der Waals surface area contributed by atoms with Gasteiger partial charge in [-0.3, -0.25) is 14.4 Å². The van der Waals surface area contributed by atoms with Crippen LogP contribution in [-0.4, -0.2) is 35.9 Å². The molecule has 0 atom stereocenters. The van der Waals surface area contributed by atoms with E-state index in [9.17, 15) is 19.2 Å². The first-order chi connectivity index (χ1) is 20.9. The van der Waals surface area contributed by atoms with E-state index in [1.807, 2.05) is 24.3 Å². The average molecular weight is 597 g/mol. The average Bonchev–Trinajstić information content (AvgIpc) is 3.02. The van der Waals surface area contributed by atoms with Crippen molar-refractivity contribution in [3.8, 4) is 5.75 Å². The summed E-state index contributed by atoms with van der Waals surface area (Å²) >= 11 is 6.16. The molecule has 1 fully saturated rings. The van der Waals surface area contributed by atoms with Gasteiger partial charge >= 0.3 is 17.8 Å². The van der Waals surface area contributed by atoms with Crippen molar-refractivity contribution in [3.63, 3.8) is 0 Å². The molecule has 4 aromatic carbocycles. The highest BCUT2D eigenvalue weighted by atomic mass is 35.5. The van der Waals surface area contributed by atoms with E-state index in [-0.39, 0.29) is 39.5 Å². The highest BCUT2D eigenvalue weighted by Gasteiger charge is 2.21. The molecule has 0 aliphatic heterocycles. The van der Waals surface area contributed by atoms with Crippen molar-refractivity contribution in [3.05, 3.63) is 107 Å². The number of carbonyl (C=O) groups is 4. The predicted octanol–water partition coefficient (Wildman–Crippen LogP) is 5.86. The minimum Gasteiger partial charge on any atom is -0.422 e. The molecule has 0 saturated heterocycles. The Labute approximate surface area is 253 Å². The van der Waals surface area contributed by atoms with Gasteiger partial charge in [-0.1, -0.05) is 85.5 Å². The molecule has 3 N–H and O–H groups in total. The number of fused-ring (bicyclic) bond motifs is 1. The number of rotatable bonds is 7. The third-order valence-corrected chi connectivity index (χ3v) is 7.48. The van der Waals surface area contributed by atoms with E-state index in [0.29, 0.717) is 10.9 Å². The summed E-state index contributed by atoms with van der Waals surface area (Å²) in [5, 5.41) is 11.3. The van der Waals surface area contributed by atoms with Crippen LogP contribution in [0.5, 0.6) is 5.75 Å². The van der Waals surface area contributed by atoms with E-state index in [0.717, 1.165) is 37.5 Å². The predicted molar refractivity (Wildman–Crippen MR) is 166 cm³/mol. The minimum atomic E-state index is -1.05. The fraction of sp³-hybridized carbons (Fsp3) is 0.182. The third kappa shape index (κ3) is 7.25. The zero-order valence-electron chi connectivity index (χ0n) is 23.1. The Morgan fingerprint density at radius 2 is 1.49 bits per heavy atom. The number of amides is 3. The lowest BCUT2D eigenvalue weighted by Crippen LogP contribution is -2.37. The molecule has 0 bridgehead atoms. The second-order valence-corrected chi connectivity index (χ2v) is 10.5. The number of ether oxygens (including phenoxy) is 1. The Kier molecular flexibility index (Phi) is 9.43. The molecule has 0 unspecified atom stereocenters. The fourth-order valence-electron chi connectivity index (χ4n) is 4.96. The molecular formula is C33H29ClN4O5. The first-order valence-electron chi connectivity index (χ1n) is 13.9. The fourth-order valence-corrected chi connectivity index (χ4v) is 5.18. The van der Waals surface area contributed by atoms with E-state index in [2.05, 4.69) is 21.2 Å².